The third kappa shape index (κ3) is 4.96. The van der Waals surface area contributed by atoms with Crippen molar-refractivity contribution in [2.75, 3.05) is 23.9 Å². The van der Waals surface area contributed by atoms with Crippen LogP contribution in [-0.4, -0.2) is 35.5 Å². The number of thioether (sulfide) groups is 1. The lowest BCUT2D eigenvalue weighted by atomic mass is 10.2. The molecule has 1 rings (SSSR count). The summed E-state index contributed by atoms with van der Waals surface area (Å²) in [5, 5.41) is 5.96. The van der Waals surface area contributed by atoms with E-state index in [1.165, 1.54) is 0 Å². The average molecular weight is 267 g/mol. The molecule has 0 saturated heterocycles. The zero-order chi connectivity index (χ0) is 13.4. The number of anilines is 1. The van der Waals surface area contributed by atoms with Gasteiger partial charge < -0.3 is 10.6 Å². The van der Waals surface area contributed by atoms with Gasteiger partial charge in [0.05, 0.1) is 0 Å². The van der Waals surface area contributed by atoms with Crippen LogP contribution in [0.5, 0.6) is 0 Å². The quantitative estimate of drug-likeness (QED) is 0.745. The molecule has 4 nitrogen and oxygen atoms in total. The second kappa shape index (κ2) is 7.97. The number of carbonyl (C=O) groups is 1. The highest BCUT2D eigenvalue weighted by atomic mass is 32.2. The van der Waals surface area contributed by atoms with Crippen LogP contribution in [0.15, 0.2) is 18.3 Å². The molecule has 1 unspecified atom stereocenters. The third-order valence-electron chi connectivity index (χ3n) is 2.53. The van der Waals surface area contributed by atoms with Crippen LogP contribution >= 0.6 is 11.8 Å². The zero-order valence-electron chi connectivity index (χ0n) is 11.2. The van der Waals surface area contributed by atoms with Crippen LogP contribution in [0.2, 0.25) is 0 Å². The van der Waals surface area contributed by atoms with Crippen molar-refractivity contribution in [3.63, 3.8) is 0 Å². The molecule has 18 heavy (non-hydrogen) atoms. The maximum Gasteiger partial charge on any atom is 0.269 e. The third-order valence-corrected chi connectivity index (χ3v) is 3.46. The first-order valence-electron chi connectivity index (χ1n) is 6.19. The summed E-state index contributed by atoms with van der Waals surface area (Å²) in [4.78, 5) is 15.5. The van der Waals surface area contributed by atoms with Crippen molar-refractivity contribution in [2.45, 2.75) is 26.3 Å². The van der Waals surface area contributed by atoms with Gasteiger partial charge in [-0.25, -0.2) is 0 Å². The summed E-state index contributed by atoms with van der Waals surface area (Å²) >= 11 is 1.94. The van der Waals surface area contributed by atoms with Gasteiger partial charge in [0.2, 0.25) is 0 Å². The van der Waals surface area contributed by atoms with E-state index in [4.69, 9.17) is 0 Å². The van der Waals surface area contributed by atoms with E-state index < -0.39 is 0 Å². The van der Waals surface area contributed by atoms with Gasteiger partial charge >= 0.3 is 0 Å². The van der Waals surface area contributed by atoms with Crippen LogP contribution < -0.4 is 10.6 Å². The van der Waals surface area contributed by atoms with E-state index in [-0.39, 0.29) is 5.91 Å². The summed E-state index contributed by atoms with van der Waals surface area (Å²) in [5.41, 5.74) is 1.38. The molecule has 0 bridgehead atoms. The Morgan fingerprint density at radius 3 is 3.00 bits per heavy atom. The number of nitrogens with one attached hydrogen (secondary N) is 2. The van der Waals surface area contributed by atoms with Gasteiger partial charge in [0.1, 0.15) is 5.69 Å². The minimum absolute atomic E-state index is 0.159. The molecule has 0 aliphatic carbocycles. The normalized spacial score (nSPS) is 11.9. The van der Waals surface area contributed by atoms with E-state index in [1.807, 2.05) is 17.8 Å². The molecule has 0 spiro atoms. The van der Waals surface area contributed by atoms with Gasteiger partial charge in [-0.1, -0.05) is 6.92 Å². The van der Waals surface area contributed by atoms with Crippen molar-refractivity contribution in [3.8, 4) is 0 Å². The van der Waals surface area contributed by atoms with E-state index in [0.29, 0.717) is 11.7 Å². The predicted molar refractivity (Wildman–Crippen MR) is 78.3 cm³/mol. The van der Waals surface area contributed by atoms with Gasteiger partial charge in [-0.2, -0.15) is 11.8 Å². The highest BCUT2D eigenvalue weighted by molar-refractivity contribution is 7.99. The van der Waals surface area contributed by atoms with E-state index in [0.717, 1.165) is 23.6 Å². The maximum atomic E-state index is 11.5. The molecule has 0 fully saturated rings. The van der Waals surface area contributed by atoms with Crippen molar-refractivity contribution in [1.82, 2.24) is 10.3 Å². The van der Waals surface area contributed by atoms with Crippen molar-refractivity contribution in [1.29, 1.82) is 0 Å². The molecule has 5 heteroatoms. The standard InChI is InChI=1S/C13H21N3OS/c1-4-18-8-6-10(2)16-11-5-7-15-12(9-11)13(17)14-3/h5,7,9-10H,4,6,8H2,1-3H3,(H,14,17)(H,15,16). The molecular formula is C13H21N3OS. The lowest BCUT2D eigenvalue weighted by molar-refractivity contribution is 0.0958. The Hall–Kier alpha value is -1.23. The highest BCUT2D eigenvalue weighted by Gasteiger charge is 2.07. The molecule has 100 valence electrons. The van der Waals surface area contributed by atoms with Gasteiger partial charge in [0.15, 0.2) is 0 Å². The fraction of sp³-hybridized carbons (Fsp3) is 0.538. The number of hydrogen-bond donors (Lipinski definition) is 2. The Labute approximate surface area is 113 Å². The van der Waals surface area contributed by atoms with Crippen LogP contribution in [0.1, 0.15) is 30.8 Å². The predicted octanol–water partition coefficient (Wildman–Crippen LogP) is 2.38. The molecule has 1 amide bonds. The highest BCUT2D eigenvalue weighted by Crippen LogP contribution is 2.12. The Morgan fingerprint density at radius 2 is 2.33 bits per heavy atom. The molecular weight excluding hydrogens is 246 g/mol. The summed E-state index contributed by atoms with van der Waals surface area (Å²) in [6.07, 6.45) is 2.76. The number of hydrogen-bond acceptors (Lipinski definition) is 4. The van der Waals surface area contributed by atoms with Gasteiger partial charge in [0, 0.05) is 25.0 Å². The van der Waals surface area contributed by atoms with Crippen LogP contribution in [-0.2, 0) is 0 Å². The van der Waals surface area contributed by atoms with E-state index in [9.17, 15) is 4.79 Å². The Morgan fingerprint density at radius 1 is 1.56 bits per heavy atom. The minimum Gasteiger partial charge on any atom is -0.382 e. The van der Waals surface area contributed by atoms with Crippen LogP contribution in [0.4, 0.5) is 5.69 Å². The smallest absolute Gasteiger partial charge is 0.269 e. The van der Waals surface area contributed by atoms with Gasteiger partial charge in [-0.15, -0.1) is 0 Å². The van der Waals surface area contributed by atoms with E-state index >= 15 is 0 Å². The molecule has 0 radical (unpaired) electrons. The van der Waals surface area contributed by atoms with Crippen molar-refractivity contribution in [2.24, 2.45) is 0 Å². The lowest BCUT2D eigenvalue weighted by Crippen LogP contribution is -2.20. The SMILES string of the molecule is CCSCCC(C)Nc1ccnc(C(=O)NC)c1. The topological polar surface area (TPSA) is 54.0 Å². The van der Waals surface area contributed by atoms with Crippen LogP contribution in [0.3, 0.4) is 0 Å². The monoisotopic (exact) mass is 267 g/mol. The first-order valence-corrected chi connectivity index (χ1v) is 7.35. The number of pyridine rings is 1. The maximum absolute atomic E-state index is 11.5. The summed E-state index contributed by atoms with van der Waals surface area (Å²) in [5.74, 6) is 2.15. The van der Waals surface area contributed by atoms with Gasteiger partial charge in [0.25, 0.3) is 5.91 Å². The van der Waals surface area contributed by atoms with E-state index in [1.54, 1.807) is 19.3 Å². The second-order valence-electron chi connectivity index (χ2n) is 4.04. The largest absolute Gasteiger partial charge is 0.382 e. The number of aromatic nitrogens is 1. The summed E-state index contributed by atoms with van der Waals surface area (Å²) in [6.45, 7) is 4.32. The number of amides is 1. The lowest BCUT2D eigenvalue weighted by Gasteiger charge is -2.15. The molecule has 0 aliphatic rings. The summed E-state index contributed by atoms with van der Waals surface area (Å²) in [7, 11) is 1.61. The van der Waals surface area contributed by atoms with Crippen LogP contribution in [0.25, 0.3) is 0 Å². The second-order valence-corrected chi connectivity index (χ2v) is 5.43. The number of nitrogens with zero attached hydrogens (tertiary/aromatic N) is 1. The number of rotatable bonds is 7. The zero-order valence-corrected chi connectivity index (χ0v) is 12.0. The van der Waals surface area contributed by atoms with E-state index in [2.05, 4.69) is 29.5 Å². The molecule has 1 atom stereocenters. The Kier molecular flexibility index (Phi) is 6.57. The van der Waals surface area contributed by atoms with Gasteiger partial charge in [-0.3, -0.25) is 9.78 Å². The summed E-state index contributed by atoms with van der Waals surface area (Å²) in [6, 6.07) is 4.06. The molecule has 0 aliphatic heterocycles. The molecule has 1 heterocycles. The fourth-order valence-corrected chi connectivity index (χ4v) is 2.34. The van der Waals surface area contributed by atoms with Crippen molar-refractivity contribution in [3.05, 3.63) is 24.0 Å². The minimum atomic E-state index is -0.159. The van der Waals surface area contributed by atoms with Crippen molar-refractivity contribution < 1.29 is 4.79 Å². The summed E-state index contributed by atoms with van der Waals surface area (Å²) < 4.78 is 0. The first-order chi connectivity index (χ1) is 8.67. The molecule has 1 aromatic heterocycles. The number of carbonyl (C=O) groups excluding carboxylic acids is 1. The first kappa shape index (κ1) is 14.8. The molecule has 1 aromatic rings. The molecule has 2 N–H and O–H groups in total. The van der Waals surface area contributed by atoms with Crippen LogP contribution in [0, 0.1) is 0 Å². The molecule has 0 aromatic carbocycles. The van der Waals surface area contributed by atoms with Gasteiger partial charge in [-0.05, 0) is 37.0 Å². The Bertz CT molecular complexity index is 384. The van der Waals surface area contributed by atoms with Crippen molar-refractivity contribution >= 4 is 23.4 Å². The fourth-order valence-electron chi connectivity index (χ4n) is 1.53. The Balaban J connectivity index is 2.53. The molecule has 0 saturated carbocycles. The average Bonchev–Trinajstić information content (AvgIpc) is 2.38.